The van der Waals surface area contributed by atoms with E-state index >= 15 is 0 Å². The van der Waals surface area contributed by atoms with E-state index in [1.807, 2.05) is 22.9 Å². The lowest BCUT2D eigenvalue weighted by atomic mass is 10.0. The zero-order valence-corrected chi connectivity index (χ0v) is 19.6. The summed E-state index contributed by atoms with van der Waals surface area (Å²) in [5.41, 5.74) is 6.04. The van der Waals surface area contributed by atoms with Crippen molar-refractivity contribution in [3.8, 4) is 17.0 Å². The van der Waals surface area contributed by atoms with E-state index in [1.54, 1.807) is 6.20 Å². The normalized spacial score (nSPS) is 17.7. The van der Waals surface area contributed by atoms with Gasteiger partial charge in [0, 0.05) is 55.2 Å². The first-order chi connectivity index (χ1) is 17.3. The number of anilines is 3. The molecule has 0 radical (unpaired) electrons. The number of hydrogen-bond acceptors (Lipinski definition) is 7. The highest BCUT2D eigenvalue weighted by molar-refractivity contribution is 5.74. The van der Waals surface area contributed by atoms with Gasteiger partial charge >= 0.3 is 0 Å². The third-order valence-electron chi connectivity index (χ3n) is 6.66. The zero-order valence-electron chi connectivity index (χ0n) is 19.6. The molecule has 8 nitrogen and oxygen atoms in total. The van der Waals surface area contributed by atoms with Crippen LogP contribution in [0.15, 0.2) is 61.1 Å². The smallest absolute Gasteiger partial charge is 0.180 e. The van der Waals surface area contributed by atoms with Crippen LogP contribution in [0.2, 0.25) is 0 Å². The van der Waals surface area contributed by atoms with E-state index in [2.05, 4.69) is 51.6 Å². The van der Waals surface area contributed by atoms with Crippen molar-refractivity contribution in [2.75, 3.05) is 43.1 Å². The molecule has 2 aromatic heterocycles. The van der Waals surface area contributed by atoms with Crippen LogP contribution in [0.4, 0.5) is 17.2 Å². The predicted molar refractivity (Wildman–Crippen MR) is 136 cm³/mol. The summed E-state index contributed by atoms with van der Waals surface area (Å²) in [6.07, 6.45) is 8.55. The molecule has 4 heterocycles. The van der Waals surface area contributed by atoms with Gasteiger partial charge in [-0.05, 0) is 67.3 Å². The van der Waals surface area contributed by atoms with Crippen molar-refractivity contribution in [1.82, 2.24) is 14.4 Å². The summed E-state index contributed by atoms with van der Waals surface area (Å²) in [7, 11) is 0. The second-order valence-electron chi connectivity index (χ2n) is 9.03. The number of nitrogens with zero attached hydrogens (tertiary/aromatic N) is 4. The van der Waals surface area contributed by atoms with E-state index in [9.17, 15) is 5.11 Å². The van der Waals surface area contributed by atoms with Crippen LogP contribution >= 0.6 is 0 Å². The molecule has 2 aromatic carbocycles. The number of benzene rings is 2. The third kappa shape index (κ3) is 4.54. The Hall–Kier alpha value is -3.62. The maximum absolute atomic E-state index is 9.23. The van der Waals surface area contributed by atoms with E-state index < -0.39 is 0 Å². The number of fused-ring (bicyclic) bond motifs is 2. The molecule has 8 heteroatoms. The number of aromatic nitrogens is 3. The van der Waals surface area contributed by atoms with Crippen LogP contribution in [-0.4, -0.2) is 58.5 Å². The summed E-state index contributed by atoms with van der Waals surface area (Å²) in [6.45, 7) is 3.24. The molecular weight excluding hydrogens is 442 g/mol. The van der Waals surface area contributed by atoms with Crippen LogP contribution in [0, 0.1) is 0 Å². The fraction of sp³-hybridized carbons (Fsp3) is 0.333. The van der Waals surface area contributed by atoms with Crippen molar-refractivity contribution in [2.45, 2.75) is 25.4 Å². The molecule has 1 atom stereocenters. The summed E-state index contributed by atoms with van der Waals surface area (Å²) >= 11 is 0. The molecule has 2 aliphatic rings. The van der Waals surface area contributed by atoms with Crippen molar-refractivity contribution < 1.29 is 14.6 Å². The van der Waals surface area contributed by atoms with Crippen LogP contribution in [0.25, 0.3) is 16.9 Å². The Morgan fingerprint density at radius 2 is 2.03 bits per heavy atom. The van der Waals surface area contributed by atoms with E-state index in [0.29, 0.717) is 18.8 Å². The molecule has 180 valence electrons. The maximum Gasteiger partial charge on any atom is 0.180 e. The Kier molecular flexibility index (Phi) is 5.98. The lowest BCUT2D eigenvalue weighted by Crippen LogP contribution is -2.42. The Bertz CT molecular complexity index is 1320. The molecule has 1 fully saturated rings. The average Bonchev–Trinajstić information content (AvgIpc) is 3.38. The molecule has 4 aromatic rings. The van der Waals surface area contributed by atoms with Gasteiger partial charge in [-0.1, -0.05) is 0 Å². The van der Waals surface area contributed by atoms with Crippen LogP contribution in [0.1, 0.15) is 18.4 Å². The average molecular weight is 472 g/mol. The van der Waals surface area contributed by atoms with E-state index in [0.717, 1.165) is 66.6 Å². The van der Waals surface area contributed by atoms with Crippen molar-refractivity contribution in [1.29, 1.82) is 0 Å². The minimum Gasteiger partial charge on any atom is -0.493 e. The second-order valence-corrected chi connectivity index (χ2v) is 9.03. The highest BCUT2D eigenvalue weighted by Crippen LogP contribution is 2.31. The van der Waals surface area contributed by atoms with Crippen LogP contribution in [0.3, 0.4) is 0 Å². The molecule has 0 aliphatic carbocycles. The number of imidazole rings is 1. The quantitative estimate of drug-likeness (QED) is 0.439. The van der Waals surface area contributed by atoms with Crippen molar-refractivity contribution in [3.63, 3.8) is 0 Å². The summed E-state index contributed by atoms with van der Waals surface area (Å²) in [5.74, 6) is 1.69. The topological polar surface area (TPSA) is 84.2 Å². The second kappa shape index (κ2) is 9.56. The molecular formula is C27H29N5O3. The monoisotopic (exact) mass is 471 g/mol. The molecule has 35 heavy (non-hydrogen) atoms. The first-order valence-electron chi connectivity index (χ1n) is 12.2. The van der Waals surface area contributed by atoms with E-state index in [-0.39, 0.29) is 12.7 Å². The van der Waals surface area contributed by atoms with Crippen molar-refractivity contribution >= 4 is 22.8 Å². The van der Waals surface area contributed by atoms with Crippen LogP contribution in [-0.2, 0) is 11.2 Å². The molecule has 0 bridgehead atoms. The molecule has 0 saturated carbocycles. The minimum atomic E-state index is 0.0716. The van der Waals surface area contributed by atoms with Crippen LogP contribution < -0.4 is 15.0 Å². The highest BCUT2D eigenvalue weighted by Gasteiger charge is 2.20. The number of aliphatic hydroxyl groups is 1. The van der Waals surface area contributed by atoms with E-state index in [1.165, 1.54) is 5.56 Å². The number of nitrogens with one attached hydrogen (secondary N) is 1. The first-order valence-corrected chi connectivity index (χ1v) is 12.2. The number of rotatable bonds is 6. The standard InChI is InChI=1S/C27H29N5O3/c33-13-9-23-17-31(12-15-34-23)22-6-4-21(5-7-22)29-26-27-28-10-11-32(27)18-24(30-26)19-3-8-25-20(16-19)2-1-14-35-25/h3-8,10-11,16,18,23,33H,1-2,9,12-15,17H2,(H,29,30)/t23-/m1/s1. The van der Waals surface area contributed by atoms with Gasteiger partial charge in [-0.2, -0.15) is 0 Å². The Balaban J connectivity index is 1.25. The molecule has 2 N–H and O–H groups in total. The lowest BCUT2D eigenvalue weighted by Gasteiger charge is -2.34. The number of hydrogen-bond donors (Lipinski definition) is 2. The first kappa shape index (κ1) is 21.9. The molecule has 6 rings (SSSR count). The molecule has 0 unspecified atom stereocenters. The van der Waals surface area contributed by atoms with Crippen LogP contribution in [0.5, 0.6) is 5.75 Å². The third-order valence-corrected chi connectivity index (χ3v) is 6.66. The van der Waals surface area contributed by atoms with Crippen molar-refractivity contribution in [2.24, 2.45) is 0 Å². The summed E-state index contributed by atoms with van der Waals surface area (Å²) < 4.78 is 13.5. The number of aryl methyl sites for hydroxylation is 1. The van der Waals surface area contributed by atoms with Gasteiger partial charge < -0.3 is 29.2 Å². The molecule has 0 amide bonds. The molecule has 1 saturated heterocycles. The molecule has 0 spiro atoms. The van der Waals surface area contributed by atoms with Crippen molar-refractivity contribution in [3.05, 3.63) is 66.6 Å². The fourth-order valence-electron chi connectivity index (χ4n) is 4.84. The van der Waals surface area contributed by atoms with Gasteiger partial charge in [0.1, 0.15) is 5.75 Å². The Labute approximate surface area is 204 Å². The summed E-state index contributed by atoms with van der Waals surface area (Å²) in [6, 6.07) is 14.7. The summed E-state index contributed by atoms with van der Waals surface area (Å²) in [5, 5.41) is 12.7. The van der Waals surface area contributed by atoms with Gasteiger partial charge in [-0.15, -0.1) is 0 Å². The number of ether oxygens (including phenoxy) is 2. The van der Waals surface area contributed by atoms with E-state index in [4.69, 9.17) is 14.5 Å². The largest absolute Gasteiger partial charge is 0.493 e. The van der Waals surface area contributed by atoms with Gasteiger partial charge in [0.25, 0.3) is 0 Å². The predicted octanol–water partition coefficient (Wildman–Crippen LogP) is 4.05. The summed E-state index contributed by atoms with van der Waals surface area (Å²) in [4.78, 5) is 11.8. The fourth-order valence-corrected chi connectivity index (χ4v) is 4.84. The minimum absolute atomic E-state index is 0.0716. The maximum atomic E-state index is 9.23. The number of aliphatic hydroxyl groups excluding tert-OH is 1. The Morgan fingerprint density at radius 3 is 2.91 bits per heavy atom. The van der Waals surface area contributed by atoms with Gasteiger partial charge in [-0.25, -0.2) is 9.97 Å². The van der Waals surface area contributed by atoms with Gasteiger partial charge in [0.15, 0.2) is 11.5 Å². The SMILES string of the molecule is OCC[C@@H]1CN(c2ccc(Nc3nc(-c4ccc5c(c4)CCCO5)cn4ccnc34)cc2)CCO1. The van der Waals surface area contributed by atoms with Gasteiger partial charge in [0.05, 0.1) is 25.0 Å². The number of morpholine rings is 1. The lowest BCUT2D eigenvalue weighted by molar-refractivity contribution is 0.0247. The van der Waals surface area contributed by atoms with Gasteiger partial charge in [-0.3, -0.25) is 0 Å². The Morgan fingerprint density at radius 1 is 1.11 bits per heavy atom. The zero-order chi connectivity index (χ0) is 23.6. The highest BCUT2D eigenvalue weighted by atomic mass is 16.5. The molecule has 2 aliphatic heterocycles. The van der Waals surface area contributed by atoms with Gasteiger partial charge in [0.2, 0.25) is 0 Å².